The maximum atomic E-state index is 13.3. The molecule has 3 amide bonds. The molecule has 5 rings (SSSR count). The van der Waals surface area contributed by atoms with Gasteiger partial charge in [0.05, 0.1) is 11.8 Å². The summed E-state index contributed by atoms with van der Waals surface area (Å²) < 4.78 is 13.2. The maximum absolute atomic E-state index is 13.3. The minimum absolute atomic E-state index is 0.143. The molecule has 1 fully saturated rings. The second kappa shape index (κ2) is 9.40. The predicted octanol–water partition coefficient (Wildman–Crippen LogP) is 2.54. The van der Waals surface area contributed by atoms with Crippen LogP contribution in [0.15, 0.2) is 35.6 Å². The number of hydrazone groups is 1. The van der Waals surface area contributed by atoms with Crippen LogP contribution in [0.1, 0.15) is 59.4 Å². The molecule has 2 N–H and O–H groups in total. The third-order valence-corrected chi connectivity index (χ3v) is 6.70. The first-order valence-corrected chi connectivity index (χ1v) is 11.8. The molecule has 0 saturated heterocycles. The van der Waals surface area contributed by atoms with Crippen LogP contribution in [0.4, 0.5) is 16.0 Å². The van der Waals surface area contributed by atoms with Crippen LogP contribution in [0.5, 0.6) is 0 Å². The van der Waals surface area contributed by atoms with Crippen molar-refractivity contribution in [2.75, 3.05) is 23.8 Å². The normalized spacial score (nSPS) is 19.7. The minimum atomic E-state index is -0.522. The van der Waals surface area contributed by atoms with Crippen LogP contribution in [0.25, 0.3) is 0 Å². The van der Waals surface area contributed by atoms with Gasteiger partial charge in [0, 0.05) is 19.2 Å². The zero-order valence-corrected chi connectivity index (χ0v) is 19.3. The Balaban J connectivity index is 1.46. The SMILES string of the molecule is CNC(=O)c1ccc2c(n1)N(CC(=O)Nc1ccc(F)cn1)C1CC(C3CCCCC3)=NN1C2=O. The number of halogens is 1. The summed E-state index contributed by atoms with van der Waals surface area (Å²) in [5.41, 5.74) is 1.38. The average molecular weight is 480 g/mol. The van der Waals surface area contributed by atoms with E-state index in [0.29, 0.717) is 12.3 Å². The number of amides is 3. The van der Waals surface area contributed by atoms with Crippen LogP contribution < -0.4 is 15.5 Å². The Bertz CT molecular complexity index is 1190. The largest absolute Gasteiger partial charge is 0.354 e. The smallest absolute Gasteiger partial charge is 0.279 e. The Morgan fingerprint density at radius 1 is 1.14 bits per heavy atom. The highest BCUT2D eigenvalue weighted by Crippen LogP contribution is 2.37. The maximum Gasteiger partial charge on any atom is 0.279 e. The van der Waals surface area contributed by atoms with Gasteiger partial charge in [-0.15, -0.1) is 0 Å². The van der Waals surface area contributed by atoms with Crippen LogP contribution >= 0.6 is 0 Å². The fraction of sp³-hybridized carbons (Fsp3) is 0.417. The number of rotatable bonds is 5. The van der Waals surface area contributed by atoms with Crippen LogP contribution in [0.3, 0.4) is 0 Å². The number of hydrogen-bond acceptors (Lipinski definition) is 7. The second-order valence-electron chi connectivity index (χ2n) is 8.95. The number of nitrogens with one attached hydrogen (secondary N) is 2. The molecule has 2 aliphatic heterocycles. The Hall–Kier alpha value is -3.89. The van der Waals surface area contributed by atoms with Gasteiger partial charge in [-0.25, -0.2) is 19.4 Å². The molecule has 1 saturated carbocycles. The highest BCUT2D eigenvalue weighted by molar-refractivity contribution is 6.06. The quantitative estimate of drug-likeness (QED) is 0.680. The number of carbonyl (C=O) groups is 3. The first-order valence-electron chi connectivity index (χ1n) is 11.8. The number of fused-ring (bicyclic) bond motifs is 2. The van der Waals surface area contributed by atoms with Crippen LogP contribution in [-0.4, -0.2) is 58.2 Å². The van der Waals surface area contributed by atoms with E-state index in [0.717, 1.165) is 37.6 Å². The zero-order valence-electron chi connectivity index (χ0n) is 19.3. The number of aromatic nitrogens is 2. The summed E-state index contributed by atoms with van der Waals surface area (Å²) in [7, 11) is 1.50. The molecule has 1 unspecified atom stereocenters. The monoisotopic (exact) mass is 479 g/mol. The van der Waals surface area contributed by atoms with Gasteiger partial charge < -0.3 is 15.5 Å². The van der Waals surface area contributed by atoms with Gasteiger partial charge in [0.1, 0.15) is 35.9 Å². The number of nitrogens with zero attached hydrogens (tertiary/aromatic N) is 5. The molecule has 10 nitrogen and oxygen atoms in total. The van der Waals surface area contributed by atoms with Crippen molar-refractivity contribution in [3.8, 4) is 0 Å². The molecular weight excluding hydrogens is 453 g/mol. The number of hydrogen-bond donors (Lipinski definition) is 2. The molecule has 1 atom stereocenters. The summed E-state index contributed by atoms with van der Waals surface area (Å²) in [5, 5.41) is 11.3. The summed E-state index contributed by atoms with van der Waals surface area (Å²) >= 11 is 0. The third kappa shape index (κ3) is 4.45. The second-order valence-corrected chi connectivity index (χ2v) is 8.95. The Labute approximate surface area is 201 Å². The van der Waals surface area contributed by atoms with Gasteiger partial charge >= 0.3 is 0 Å². The van der Waals surface area contributed by atoms with E-state index in [-0.39, 0.29) is 35.3 Å². The number of carbonyl (C=O) groups excluding carboxylic acids is 3. The average Bonchev–Trinajstić information content (AvgIpc) is 3.33. The van der Waals surface area contributed by atoms with Crippen LogP contribution in [0, 0.1) is 11.7 Å². The third-order valence-electron chi connectivity index (χ3n) is 6.70. The van der Waals surface area contributed by atoms with Gasteiger partial charge in [-0.2, -0.15) is 5.10 Å². The van der Waals surface area contributed by atoms with Gasteiger partial charge in [-0.3, -0.25) is 14.4 Å². The Morgan fingerprint density at radius 2 is 1.94 bits per heavy atom. The first kappa shape index (κ1) is 22.9. The summed E-state index contributed by atoms with van der Waals surface area (Å²) in [4.78, 5) is 48.6. The first-order chi connectivity index (χ1) is 16.9. The molecule has 1 aliphatic carbocycles. The highest BCUT2D eigenvalue weighted by Gasteiger charge is 2.45. The van der Waals surface area contributed by atoms with Crippen molar-refractivity contribution in [2.45, 2.75) is 44.7 Å². The molecule has 0 radical (unpaired) electrons. The summed E-state index contributed by atoms with van der Waals surface area (Å²) in [6.45, 7) is -0.155. The predicted molar refractivity (Wildman–Crippen MR) is 126 cm³/mol. The lowest BCUT2D eigenvalue weighted by Gasteiger charge is -2.39. The molecule has 3 aliphatic rings. The van der Waals surface area contributed by atoms with Gasteiger partial charge in [-0.05, 0) is 43.0 Å². The highest BCUT2D eigenvalue weighted by atomic mass is 19.1. The van der Waals surface area contributed by atoms with Crippen molar-refractivity contribution in [2.24, 2.45) is 11.0 Å². The van der Waals surface area contributed by atoms with Crippen molar-refractivity contribution >= 4 is 35.1 Å². The Kier molecular flexibility index (Phi) is 6.14. The van der Waals surface area contributed by atoms with Crippen molar-refractivity contribution in [3.63, 3.8) is 0 Å². The van der Waals surface area contributed by atoms with Crippen molar-refractivity contribution in [3.05, 3.63) is 47.5 Å². The fourth-order valence-corrected chi connectivity index (χ4v) is 4.95. The summed E-state index contributed by atoms with van der Waals surface area (Å²) in [5.74, 6) is -0.830. The fourth-order valence-electron chi connectivity index (χ4n) is 4.95. The lowest BCUT2D eigenvalue weighted by molar-refractivity contribution is -0.115. The standard InChI is InChI=1S/C24H26FN7O3/c1-26-23(34)17-9-8-16-22(28-17)31(13-20(33)29-19-10-7-15(25)12-27-19)21-11-18(30-32(21)24(16)35)14-5-3-2-4-6-14/h7-10,12,14,21H,2-6,11,13H2,1H3,(H,26,34)(H,27,29,33). The molecule has 182 valence electrons. The molecule has 2 aromatic heterocycles. The molecule has 0 bridgehead atoms. The summed E-state index contributed by atoms with van der Waals surface area (Å²) in [6, 6.07) is 5.61. The number of pyridine rings is 2. The lowest BCUT2D eigenvalue weighted by atomic mass is 9.84. The van der Waals surface area contributed by atoms with Gasteiger partial charge in [0.15, 0.2) is 0 Å². The molecular formula is C24H26FN7O3. The summed E-state index contributed by atoms with van der Waals surface area (Å²) in [6.07, 6.45) is 6.55. The van der Waals surface area contributed by atoms with E-state index in [1.165, 1.54) is 36.7 Å². The number of anilines is 2. The molecule has 0 aromatic carbocycles. The molecule has 35 heavy (non-hydrogen) atoms. The Morgan fingerprint density at radius 3 is 2.66 bits per heavy atom. The molecule has 11 heteroatoms. The van der Waals surface area contributed by atoms with E-state index in [9.17, 15) is 18.8 Å². The molecule has 2 aromatic rings. The minimum Gasteiger partial charge on any atom is -0.354 e. The van der Waals surface area contributed by atoms with E-state index < -0.39 is 23.8 Å². The van der Waals surface area contributed by atoms with E-state index in [4.69, 9.17) is 5.10 Å². The van der Waals surface area contributed by atoms with Crippen LogP contribution in [-0.2, 0) is 4.79 Å². The van der Waals surface area contributed by atoms with E-state index in [1.807, 2.05) is 0 Å². The van der Waals surface area contributed by atoms with E-state index in [1.54, 1.807) is 11.0 Å². The molecule has 0 spiro atoms. The van der Waals surface area contributed by atoms with Gasteiger partial charge in [0.25, 0.3) is 11.8 Å². The van der Waals surface area contributed by atoms with E-state index in [2.05, 4.69) is 20.6 Å². The van der Waals surface area contributed by atoms with Crippen molar-refractivity contribution < 1.29 is 18.8 Å². The topological polar surface area (TPSA) is 120 Å². The van der Waals surface area contributed by atoms with Gasteiger partial charge in [-0.1, -0.05) is 19.3 Å². The van der Waals surface area contributed by atoms with Crippen molar-refractivity contribution in [1.82, 2.24) is 20.3 Å². The van der Waals surface area contributed by atoms with Crippen molar-refractivity contribution in [1.29, 1.82) is 0 Å². The lowest BCUT2D eigenvalue weighted by Crippen LogP contribution is -2.54. The van der Waals surface area contributed by atoms with Gasteiger partial charge in [0.2, 0.25) is 5.91 Å². The molecule has 4 heterocycles. The van der Waals surface area contributed by atoms with E-state index >= 15 is 0 Å². The van der Waals surface area contributed by atoms with Crippen LogP contribution in [0.2, 0.25) is 0 Å². The zero-order chi connectivity index (χ0) is 24.5.